The van der Waals surface area contributed by atoms with Gasteiger partial charge in [-0.3, -0.25) is 9.69 Å². The number of rotatable bonds is 8. The summed E-state index contributed by atoms with van der Waals surface area (Å²) in [4.78, 5) is 33.9. The van der Waals surface area contributed by atoms with Crippen LogP contribution < -0.4 is 0 Å². The van der Waals surface area contributed by atoms with Crippen molar-refractivity contribution in [3.8, 4) is 0 Å². The van der Waals surface area contributed by atoms with Crippen LogP contribution in [-0.2, 0) is 24.2 Å². The van der Waals surface area contributed by atoms with E-state index in [1.54, 1.807) is 30.3 Å². The molecule has 0 radical (unpaired) electrons. The van der Waals surface area contributed by atoms with E-state index in [2.05, 4.69) is 9.47 Å². The number of imidazole rings is 1. The molecule has 2 aliphatic heterocycles. The molecule has 4 aromatic rings. The maximum atomic E-state index is 13.2. The molecule has 0 unspecified atom stereocenters. The molecule has 1 N–H and O–H groups in total. The lowest BCUT2D eigenvalue weighted by atomic mass is 10.1. The molecule has 1 atom stereocenters. The second-order valence-corrected chi connectivity index (χ2v) is 11.5. The molecule has 1 amide bonds. The highest BCUT2D eigenvalue weighted by atomic mass is 35.5. The third-order valence-electron chi connectivity index (χ3n) is 7.83. The number of nitrogens with zero attached hydrogens (tertiary/aromatic N) is 4. The molecule has 0 bridgehead atoms. The van der Waals surface area contributed by atoms with Crippen molar-refractivity contribution >= 4 is 46.1 Å². The fourth-order valence-corrected chi connectivity index (χ4v) is 5.90. The third kappa shape index (κ3) is 5.85. The Hall–Kier alpha value is -3.37. The van der Waals surface area contributed by atoms with Crippen molar-refractivity contribution in [3.05, 3.63) is 86.5 Å². The number of aromatic carboxylic acids is 1. The van der Waals surface area contributed by atoms with Gasteiger partial charge < -0.3 is 23.7 Å². The molecule has 0 spiro atoms. The first kappa shape index (κ1) is 27.8. The van der Waals surface area contributed by atoms with Gasteiger partial charge in [0.25, 0.3) is 5.91 Å². The zero-order valence-electron chi connectivity index (χ0n) is 22.6. The number of aryl methyl sites for hydroxylation is 1. The second kappa shape index (κ2) is 11.5. The van der Waals surface area contributed by atoms with Gasteiger partial charge in [0.2, 0.25) is 0 Å². The average Bonchev–Trinajstić information content (AvgIpc) is 3.52. The van der Waals surface area contributed by atoms with Gasteiger partial charge in [0.05, 0.1) is 35.8 Å². The number of fused-ring (bicyclic) bond motifs is 1. The van der Waals surface area contributed by atoms with Gasteiger partial charge in [0.15, 0.2) is 5.76 Å². The Balaban J connectivity index is 1.12. The summed E-state index contributed by atoms with van der Waals surface area (Å²) < 4.78 is 13.7. The summed E-state index contributed by atoms with van der Waals surface area (Å²) in [6.07, 6.45) is 1.54. The van der Waals surface area contributed by atoms with Crippen molar-refractivity contribution in [3.63, 3.8) is 0 Å². The highest BCUT2D eigenvalue weighted by molar-refractivity contribution is 6.35. The molecule has 0 saturated carbocycles. The SMILES string of the molecule is Cc1cc(C(=O)O)cc2c1nc(CN1CCN(C(=O)c3ccc(Cc4ccc(Cl)cc4Cl)o3)CC1)n2C[C@@H]1CCO1. The van der Waals surface area contributed by atoms with Crippen LogP contribution >= 0.6 is 23.2 Å². The van der Waals surface area contributed by atoms with Crippen LogP contribution in [0.1, 0.15) is 50.0 Å². The molecular formula is C30H30Cl2N4O5. The number of carbonyl (C=O) groups is 2. The molecule has 0 aliphatic carbocycles. The fraction of sp³-hybridized carbons (Fsp3) is 0.367. The highest BCUT2D eigenvalue weighted by Crippen LogP contribution is 2.27. The molecular weight excluding hydrogens is 567 g/mol. The molecule has 2 aromatic heterocycles. The van der Waals surface area contributed by atoms with E-state index in [1.807, 2.05) is 24.0 Å². The zero-order valence-corrected chi connectivity index (χ0v) is 24.1. The van der Waals surface area contributed by atoms with Crippen molar-refractivity contribution in [2.24, 2.45) is 0 Å². The minimum atomic E-state index is -0.956. The fourth-order valence-electron chi connectivity index (χ4n) is 5.43. The van der Waals surface area contributed by atoms with E-state index < -0.39 is 5.97 Å². The van der Waals surface area contributed by atoms with Gasteiger partial charge in [0, 0.05) is 49.3 Å². The van der Waals surface area contributed by atoms with E-state index in [4.69, 9.17) is 37.3 Å². The number of benzene rings is 2. The number of ether oxygens (including phenoxy) is 1. The molecule has 2 aliphatic rings. The molecule has 214 valence electrons. The number of hydrogen-bond donors (Lipinski definition) is 1. The number of aromatic nitrogens is 2. The number of carboxylic acid groups (broad SMARTS) is 1. The van der Waals surface area contributed by atoms with E-state index >= 15 is 0 Å². The van der Waals surface area contributed by atoms with Crippen LogP contribution in [0.2, 0.25) is 10.0 Å². The lowest BCUT2D eigenvalue weighted by molar-refractivity contribution is -0.0592. The van der Waals surface area contributed by atoms with Crippen molar-refractivity contribution in [1.29, 1.82) is 0 Å². The number of carbonyl (C=O) groups excluding carboxylic acids is 1. The minimum Gasteiger partial charge on any atom is -0.478 e. The summed E-state index contributed by atoms with van der Waals surface area (Å²) in [5.41, 5.74) is 3.59. The Morgan fingerprint density at radius 3 is 2.54 bits per heavy atom. The second-order valence-electron chi connectivity index (χ2n) is 10.6. The van der Waals surface area contributed by atoms with E-state index in [-0.39, 0.29) is 17.6 Å². The molecule has 9 nitrogen and oxygen atoms in total. The first-order chi connectivity index (χ1) is 19.7. The minimum absolute atomic E-state index is 0.100. The van der Waals surface area contributed by atoms with Gasteiger partial charge in [-0.25, -0.2) is 9.78 Å². The van der Waals surface area contributed by atoms with Crippen LogP contribution in [0.5, 0.6) is 0 Å². The van der Waals surface area contributed by atoms with Crippen molar-refractivity contribution in [2.45, 2.75) is 39.0 Å². The molecule has 6 rings (SSSR count). The summed E-state index contributed by atoms with van der Waals surface area (Å²) >= 11 is 12.3. The lowest BCUT2D eigenvalue weighted by Crippen LogP contribution is -2.48. The summed E-state index contributed by atoms with van der Waals surface area (Å²) in [7, 11) is 0. The predicted octanol–water partition coefficient (Wildman–Crippen LogP) is 5.28. The molecule has 2 fully saturated rings. The molecule has 11 heteroatoms. The number of piperazine rings is 1. The number of amides is 1. The summed E-state index contributed by atoms with van der Waals surface area (Å²) in [5.74, 6) is 0.752. The lowest BCUT2D eigenvalue weighted by Gasteiger charge is -2.34. The number of carboxylic acids is 1. The number of halogens is 2. The maximum absolute atomic E-state index is 13.2. The Bertz CT molecular complexity index is 1620. The monoisotopic (exact) mass is 596 g/mol. The Labute approximate surface area is 247 Å². The number of hydrogen-bond acceptors (Lipinski definition) is 6. The maximum Gasteiger partial charge on any atom is 0.335 e. The van der Waals surface area contributed by atoms with Crippen LogP contribution in [0.4, 0.5) is 0 Å². The molecule has 2 aromatic carbocycles. The van der Waals surface area contributed by atoms with Gasteiger partial charge in [-0.05, 0) is 60.9 Å². The Morgan fingerprint density at radius 2 is 1.85 bits per heavy atom. The van der Waals surface area contributed by atoms with Gasteiger partial charge in [-0.1, -0.05) is 29.3 Å². The summed E-state index contributed by atoms with van der Waals surface area (Å²) in [6.45, 7) is 6.35. The van der Waals surface area contributed by atoms with Crippen LogP contribution in [0, 0.1) is 6.92 Å². The smallest absolute Gasteiger partial charge is 0.335 e. The van der Waals surface area contributed by atoms with E-state index in [0.717, 1.165) is 41.0 Å². The van der Waals surface area contributed by atoms with E-state index in [9.17, 15) is 14.7 Å². The third-order valence-corrected chi connectivity index (χ3v) is 8.41. The zero-order chi connectivity index (χ0) is 28.7. The first-order valence-electron chi connectivity index (χ1n) is 13.6. The molecule has 41 heavy (non-hydrogen) atoms. The standard InChI is InChI=1S/C30H30Cl2N4O5/c1-18-12-20(30(38)39)14-25-28(18)33-27(36(25)16-23-6-11-40-23)17-34-7-9-35(10-8-34)29(37)26-5-4-22(41-26)13-19-2-3-21(31)15-24(19)32/h2-5,12,14-15,23H,6-11,13,16-17H2,1H3,(H,38,39)/t23-/m0/s1. The molecule has 2 saturated heterocycles. The Kier molecular flexibility index (Phi) is 7.78. The van der Waals surface area contributed by atoms with Gasteiger partial charge in [-0.15, -0.1) is 0 Å². The number of furan rings is 1. The van der Waals surface area contributed by atoms with Crippen LogP contribution in [0.3, 0.4) is 0 Å². The molecule has 4 heterocycles. The topological polar surface area (TPSA) is 101 Å². The highest BCUT2D eigenvalue weighted by Gasteiger charge is 2.27. The quantitative estimate of drug-likeness (QED) is 0.295. The van der Waals surface area contributed by atoms with Crippen molar-refractivity contribution in [2.75, 3.05) is 32.8 Å². The van der Waals surface area contributed by atoms with E-state index in [1.165, 1.54) is 0 Å². The van der Waals surface area contributed by atoms with Gasteiger partial charge in [0.1, 0.15) is 11.6 Å². The van der Waals surface area contributed by atoms with Crippen molar-refractivity contribution < 1.29 is 23.8 Å². The van der Waals surface area contributed by atoms with Crippen LogP contribution in [0.25, 0.3) is 11.0 Å². The first-order valence-corrected chi connectivity index (χ1v) is 14.4. The summed E-state index contributed by atoms with van der Waals surface area (Å²) in [5, 5.41) is 10.7. The van der Waals surface area contributed by atoms with Gasteiger partial charge in [-0.2, -0.15) is 0 Å². The summed E-state index contributed by atoms with van der Waals surface area (Å²) in [6, 6.07) is 12.2. The largest absolute Gasteiger partial charge is 0.478 e. The van der Waals surface area contributed by atoms with E-state index in [0.29, 0.717) is 67.3 Å². The van der Waals surface area contributed by atoms with Crippen LogP contribution in [-0.4, -0.2) is 75.2 Å². The van der Waals surface area contributed by atoms with Gasteiger partial charge >= 0.3 is 5.97 Å². The average molecular weight is 597 g/mol. The Morgan fingerprint density at radius 1 is 1.07 bits per heavy atom. The van der Waals surface area contributed by atoms with Crippen LogP contribution in [0.15, 0.2) is 46.9 Å². The predicted molar refractivity (Wildman–Crippen MR) is 155 cm³/mol. The normalized spacial score (nSPS) is 17.6. The van der Waals surface area contributed by atoms with Crippen molar-refractivity contribution in [1.82, 2.24) is 19.4 Å².